The van der Waals surface area contributed by atoms with E-state index in [2.05, 4.69) is 10.2 Å². The fourth-order valence-electron chi connectivity index (χ4n) is 2.13. The number of nitrogens with zero attached hydrogens (tertiary/aromatic N) is 3. The zero-order valence-electron chi connectivity index (χ0n) is 10.4. The van der Waals surface area contributed by atoms with Gasteiger partial charge in [-0.3, -0.25) is 4.79 Å². The zero-order valence-corrected chi connectivity index (χ0v) is 11.2. The van der Waals surface area contributed by atoms with Gasteiger partial charge in [-0.25, -0.2) is 4.68 Å². The van der Waals surface area contributed by atoms with Gasteiger partial charge in [0, 0.05) is 5.56 Å². The molecule has 7 nitrogen and oxygen atoms in total. The number of carbonyl (C=O) groups is 1. The van der Waals surface area contributed by atoms with Crippen molar-refractivity contribution in [2.75, 3.05) is 18.2 Å². The van der Waals surface area contributed by atoms with Crippen molar-refractivity contribution in [1.29, 1.82) is 0 Å². The van der Waals surface area contributed by atoms with E-state index >= 15 is 0 Å². The van der Waals surface area contributed by atoms with Crippen LogP contribution in [0.2, 0.25) is 0 Å². The Hall–Kier alpha value is -2.22. The second-order valence-corrected chi connectivity index (χ2v) is 5.24. The molecule has 3 rings (SSSR count). The fraction of sp³-hybridized carbons (Fsp3) is 0.250. The summed E-state index contributed by atoms with van der Waals surface area (Å²) >= 11 is 1.04. The quantitative estimate of drug-likeness (QED) is 0.631. The van der Waals surface area contributed by atoms with Gasteiger partial charge in [0.15, 0.2) is 5.82 Å². The summed E-state index contributed by atoms with van der Waals surface area (Å²) in [6.07, 6.45) is 0. The number of para-hydroxylation sites is 1. The van der Waals surface area contributed by atoms with Crippen molar-refractivity contribution in [2.45, 2.75) is 11.1 Å². The smallest absolute Gasteiger partial charge is 0.313 e. The fourth-order valence-corrected chi connectivity index (χ4v) is 2.71. The molecular weight excluding hydrogens is 280 g/mol. The van der Waals surface area contributed by atoms with Crippen LogP contribution < -0.4 is 10.6 Å². The molecular formula is C12H12N4O3S. The predicted molar refractivity (Wildman–Crippen MR) is 72.3 cm³/mol. The maximum Gasteiger partial charge on any atom is 0.313 e. The maximum absolute atomic E-state index is 10.6. The molecule has 0 amide bonds. The summed E-state index contributed by atoms with van der Waals surface area (Å²) in [5, 5.41) is 17.1. The minimum Gasteiger partial charge on any atom is -0.492 e. The minimum absolute atomic E-state index is 0.0807. The highest BCUT2D eigenvalue weighted by Crippen LogP contribution is 2.37. The molecule has 1 aliphatic rings. The third kappa shape index (κ3) is 2.18. The Bertz CT molecular complexity index is 658. The number of nitrogens with two attached hydrogens (primary N) is 1. The summed E-state index contributed by atoms with van der Waals surface area (Å²) in [5.41, 5.74) is 1.02. The SMILES string of the molecule is Nn1c(SCC(=O)O)nnc1C1COc2ccccc21. The topological polar surface area (TPSA) is 103 Å². The molecule has 0 bridgehead atoms. The molecule has 1 atom stereocenters. The molecule has 0 saturated heterocycles. The number of hydrogen-bond donors (Lipinski definition) is 2. The van der Waals surface area contributed by atoms with Gasteiger partial charge in [-0.2, -0.15) is 0 Å². The predicted octanol–water partition coefficient (Wildman–Crippen LogP) is 0.693. The maximum atomic E-state index is 10.6. The van der Waals surface area contributed by atoms with Crippen molar-refractivity contribution in [3.8, 4) is 5.75 Å². The van der Waals surface area contributed by atoms with Gasteiger partial charge in [0.1, 0.15) is 12.4 Å². The Kier molecular flexibility index (Phi) is 3.23. The lowest BCUT2D eigenvalue weighted by Crippen LogP contribution is -2.18. The van der Waals surface area contributed by atoms with Gasteiger partial charge in [0.2, 0.25) is 5.16 Å². The highest BCUT2D eigenvalue weighted by molar-refractivity contribution is 7.99. The van der Waals surface area contributed by atoms with E-state index in [0.29, 0.717) is 17.6 Å². The summed E-state index contributed by atoms with van der Waals surface area (Å²) < 4.78 is 6.93. The van der Waals surface area contributed by atoms with Crippen LogP contribution in [0, 0.1) is 0 Å². The second kappa shape index (κ2) is 5.04. The van der Waals surface area contributed by atoms with Crippen LogP contribution in [-0.4, -0.2) is 38.3 Å². The number of ether oxygens (including phenoxy) is 1. The number of carboxylic acid groups (broad SMARTS) is 1. The summed E-state index contributed by atoms with van der Waals surface area (Å²) in [6.45, 7) is 0.457. The van der Waals surface area contributed by atoms with E-state index < -0.39 is 5.97 Å². The highest BCUT2D eigenvalue weighted by Gasteiger charge is 2.30. The third-order valence-electron chi connectivity index (χ3n) is 3.03. The summed E-state index contributed by atoms with van der Waals surface area (Å²) in [7, 11) is 0. The first-order valence-electron chi connectivity index (χ1n) is 5.93. The molecule has 1 aliphatic heterocycles. The van der Waals surface area contributed by atoms with E-state index in [1.807, 2.05) is 24.3 Å². The normalized spacial score (nSPS) is 16.7. The van der Waals surface area contributed by atoms with Crippen molar-refractivity contribution in [3.63, 3.8) is 0 Å². The van der Waals surface area contributed by atoms with Crippen LogP contribution in [-0.2, 0) is 4.79 Å². The number of fused-ring (bicyclic) bond motifs is 1. The first-order valence-corrected chi connectivity index (χ1v) is 6.92. The van der Waals surface area contributed by atoms with Crippen molar-refractivity contribution in [1.82, 2.24) is 14.9 Å². The Balaban J connectivity index is 1.87. The lowest BCUT2D eigenvalue weighted by Gasteiger charge is -2.08. The number of benzene rings is 1. The van der Waals surface area contributed by atoms with E-state index in [9.17, 15) is 4.79 Å². The van der Waals surface area contributed by atoms with Crippen LogP contribution in [0.25, 0.3) is 0 Å². The van der Waals surface area contributed by atoms with Crippen LogP contribution >= 0.6 is 11.8 Å². The highest BCUT2D eigenvalue weighted by atomic mass is 32.2. The number of carboxylic acids is 1. The van der Waals surface area contributed by atoms with Crippen molar-refractivity contribution >= 4 is 17.7 Å². The molecule has 2 heterocycles. The van der Waals surface area contributed by atoms with E-state index in [1.54, 1.807) is 0 Å². The average molecular weight is 292 g/mol. The van der Waals surface area contributed by atoms with Gasteiger partial charge in [-0.05, 0) is 6.07 Å². The van der Waals surface area contributed by atoms with Crippen LogP contribution in [0.5, 0.6) is 5.75 Å². The number of rotatable bonds is 4. The molecule has 0 saturated carbocycles. The summed E-state index contributed by atoms with van der Waals surface area (Å²) in [6, 6.07) is 7.69. The van der Waals surface area contributed by atoms with E-state index in [4.69, 9.17) is 15.7 Å². The lowest BCUT2D eigenvalue weighted by atomic mass is 10.0. The number of thioether (sulfide) groups is 1. The molecule has 1 aromatic carbocycles. The molecule has 0 spiro atoms. The Morgan fingerprint density at radius 2 is 2.30 bits per heavy atom. The van der Waals surface area contributed by atoms with E-state index in [-0.39, 0.29) is 11.7 Å². The first-order chi connectivity index (χ1) is 9.66. The average Bonchev–Trinajstić information content (AvgIpc) is 3.00. The van der Waals surface area contributed by atoms with Gasteiger partial charge in [-0.15, -0.1) is 10.2 Å². The van der Waals surface area contributed by atoms with Gasteiger partial charge in [0.05, 0.1) is 11.7 Å². The largest absolute Gasteiger partial charge is 0.492 e. The van der Waals surface area contributed by atoms with Crippen molar-refractivity contribution in [3.05, 3.63) is 35.7 Å². The third-order valence-corrected chi connectivity index (χ3v) is 3.96. The Morgan fingerprint density at radius 3 is 3.10 bits per heavy atom. The molecule has 3 N–H and O–H groups in total. The molecule has 0 fully saturated rings. The summed E-state index contributed by atoms with van der Waals surface area (Å²) in [5.74, 6) is 6.23. The molecule has 1 unspecified atom stereocenters. The minimum atomic E-state index is -0.922. The van der Waals surface area contributed by atoms with Gasteiger partial charge >= 0.3 is 5.97 Å². The second-order valence-electron chi connectivity index (χ2n) is 4.29. The number of aliphatic carboxylic acids is 1. The molecule has 1 aromatic heterocycles. The van der Waals surface area contributed by atoms with Gasteiger partial charge in [0.25, 0.3) is 0 Å². The molecule has 8 heteroatoms. The molecule has 0 radical (unpaired) electrons. The molecule has 20 heavy (non-hydrogen) atoms. The number of aromatic nitrogens is 3. The lowest BCUT2D eigenvalue weighted by molar-refractivity contribution is -0.133. The van der Waals surface area contributed by atoms with E-state index in [0.717, 1.165) is 23.1 Å². The van der Waals surface area contributed by atoms with E-state index in [1.165, 1.54) is 4.68 Å². The van der Waals surface area contributed by atoms with Crippen LogP contribution in [0.15, 0.2) is 29.4 Å². The summed E-state index contributed by atoms with van der Waals surface area (Å²) in [4.78, 5) is 10.6. The first kappa shape index (κ1) is 12.8. The van der Waals surface area contributed by atoms with Crippen LogP contribution in [0.3, 0.4) is 0 Å². The van der Waals surface area contributed by atoms with Crippen molar-refractivity contribution in [2.24, 2.45) is 0 Å². The standard InChI is InChI=1S/C12H12N4O3S/c13-16-11(14-15-12(16)20-6-10(17)18)8-5-19-9-4-2-1-3-7(8)9/h1-4,8H,5-6,13H2,(H,17,18). The van der Waals surface area contributed by atoms with Gasteiger partial charge < -0.3 is 15.7 Å². The number of nitrogen functional groups attached to an aromatic ring is 1. The molecule has 0 aliphatic carbocycles. The molecule has 2 aromatic rings. The Labute approximate surface area is 118 Å². The number of hydrogen-bond acceptors (Lipinski definition) is 6. The van der Waals surface area contributed by atoms with Crippen LogP contribution in [0.4, 0.5) is 0 Å². The van der Waals surface area contributed by atoms with Crippen LogP contribution in [0.1, 0.15) is 17.3 Å². The molecule has 104 valence electrons. The van der Waals surface area contributed by atoms with Crippen molar-refractivity contribution < 1.29 is 14.6 Å². The van der Waals surface area contributed by atoms with Gasteiger partial charge in [-0.1, -0.05) is 30.0 Å². The zero-order chi connectivity index (χ0) is 14.1. The Morgan fingerprint density at radius 1 is 1.50 bits per heavy atom. The monoisotopic (exact) mass is 292 g/mol.